The molecule has 1 aromatic heterocycles. The Hall–Kier alpha value is -3.29. The molecule has 5 nitrogen and oxygen atoms in total. The maximum atomic E-state index is 14.1. The largest absolute Gasteiger partial charge is 0.505 e. The molecule has 0 fully saturated rings. The van der Waals surface area contributed by atoms with Gasteiger partial charge in [-0.05, 0) is 42.7 Å². The van der Waals surface area contributed by atoms with Crippen LogP contribution in [0.4, 0.5) is 13.2 Å². The van der Waals surface area contributed by atoms with Crippen molar-refractivity contribution in [2.75, 3.05) is 0 Å². The van der Waals surface area contributed by atoms with Crippen LogP contribution in [-0.2, 0) is 4.79 Å². The number of aromatic hydroxyl groups is 1. The highest BCUT2D eigenvalue weighted by Crippen LogP contribution is 2.39. The SMILES string of the molecule is CCC(C)C(C(=O)O)c1c(C)n(C(=O)c2ccc(F)c(F)c2)c2cc(F)c(O)cc12. The Morgan fingerprint density at radius 2 is 1.73 bits per heavy atom. The highest BCUT2D eigenvalue weighted by atomic mass is 19.2. The zero-order valence-corrected chi connectivity index (χ0v) is 16.5. The Labute approximate surface area is 170 Å². The van der Waals surface area contributed by atoms with Crippen molar-refractivity contribution in [3.63, 3.8) is 0 Å². The third kappa shape index (κ3) is 3.42. The van der Waals surface area contributed by atoms with E-state index in [1.165, 1.54) is 6.92 Å². The first-order valence-electron chi connectivity index (χ1n) is 9.34. The van der Waals surface area contributed by atoms with Crippen LogP contribution in [0.2, 0.25) is 0 Å². The molecular weight excluding hydrogens is 399 g/mol. The molecule has 0 spiro atoms. The first-order valence-corrected chi connectivity index (χ1v) is 9.34. The summed E-state index contributed by atoms with van der Waals surface area (Å²) in [4.78, 5) is 25.2. The van der Waals surface area contributed by atoms with Crippen LogP contribution in [0, 0.1) is 30.3 Å². The van der Waals surface area contributed by atoms with Gasteiger partial charge in [-0.2, -0.15) is 0 Å². The van der Waals surface area contributed by atoms with E-state index in [2.05, 4.69) is 0 Å². The number of benzene rings is 2. The number of carboxylic acids is 1. The fourth-order valence-corrected chi connectivity index (χ4v) is 3.75. The van der Waals surface area contributed by atoms with Gasteiger partial charge >= 0.3 is 5.97 Å². The molecule has 3 aromatic rings. The number of carbonyl (C=O) groups is 2. The first-order chi connectivity index (χ1) is 14.1. The van der Waals surface area contributed by atoms with Crippen LogP contribution in [0.3, 0.4) is 0 Å². The average molecular weight is 419 g/mol. The minimum atomic E-state index is -1.22. The van der Waals surface area contributed by atoms with E-state index in [1.807, 2.05) is 6.92 Å². The third-order valence-corrected chi connectivity index (χ3v) is 5.48. The number of carbonyl (C=O) groups excluding carboxylic acids is 1. The molecule has 2 unspecified atom stereocenters. The van der Waals surface area contributed by atoms with E-state index >= 15 is 0 Å². The number of hydrogen-bond acceptors (Lipinski definition) is 3. The van der Waals surface area contributed by atoms with E-state index in [0.29, 0.717) is 6.42 Å². The Balaban J connectivity index is 2.36. The fraction of sp³-hybridized carbons (Fsp3) is 0.273. The van der Waals surface area contributed by atoms with E-state index in [0.717, 1.165) is 34.9 Å². The summed E-state index contributed by atoms with van der Waals surface area (Å²) in [6.07, 6.45) is 0.521. The molecule has 0 saturated heterocycles. The molecule has 0 bridgehead atoms. The summed E-state index contributed by atoms with van der Waals surface area (Å²) in [5.41, 5.74) is 0.321. The van der Waals surface area contributed by atoms with Crippen LogP contribution < -0.4 is 0 Å². The lowest BCUT2D eigenvalue weighted by Gasteiger charge is -2.20. The zero-order chi connectivity index (χ0) is 22.3. The van der Waals surface area contributed by atoms with Gasteiger partial charge in [-0.25, -0.2) is 13.2 Å². The number of phenols is 1. The molecule has 8 heteroatoms. The molecule has 1 heterocycles. The van der Waals surface area contributed by atoms with Crippen molar-refractivity contribution in [1.29, 1.82) is 0 Å². The quantitative estimate of drug-likeness (QED) is 0.612. The monoisotopic (exact) mass is 419 g/mol. The molecule has 2 aromatic carbocycles. The molecule has 0 saturated carbocycles. The lowest BCUT2D eigenvalue weighted by Crippen LogP contribution is -2.21. The molecule has 0 radical (unpaired) electrons. The summed E-state index contributed by atoms with van der Waals surface area (Å²) in [6.45, 7) is 5.06. The predicted octanol–water partition coefficient (Wildman–Crippen LogP) is 4.98. The number of halogens is 3. The van der Waals surface area contributed by atoms with Crippen LogP contribution in [0.25, 0.3) is 10.9 Å². The minimum absolute atomic E-state index is 0.0297. The van der Waals surface area contributed by atoms with Crippen LogP contribution in [0.15, 0.2) is 30.3 Å². The Bertz CT molecular complexity index is 1170. The van der Waals surface area contributed by atoms with Gasteiger partial charge in [-0.15, -0.1) is 0 Å². The molecular formula is C22H20F3NO4. The van der Waals surface area contributed by atoms with Gasteiger partial charge in [-0.3, -0.25) is 14.2 Å². The Morgan fingerprint density at radius 3 is 2.30 bits per heavy atom. The smallest absolute Gasteiger partial charge is 0.311 e. The number of carboxylic acid groups (broad SMARTS) is 1. The van der Waals surface area contributed by atoms with Gasteiger partial charge in [0.15, 0.2) is 23.2 Å². The Morgan fingerprint density at radius 1 is 1.07 bits per heavy atom. The summed E-state index contributed by atoms with van der Waals surface area (Å²) in [6, 6.07) is 4.62. The van der Waals surface area contributed by atoms with Gasteiger partial charge in [0.25, 0.3) is 5.91 Å². The standard InChI is InChI=1S/C22H20F3NO4/c1-4-10(2)19(22(29)30)20-11(3)26(17-9-16(25)18(27)8-13(17)20)21(28)12-5-6-14(23)15(24)7-12/h5-10,19,27H,4H2,1-3H3,(H,29,30). The number of fused-ring (bicyclic) bond motifs is 1. The van der Waals surface area contributed by atoms with Gasteiger partial charge in [0, 0.05) is 22.7 Å². The molecule has 158 valence electrons. The van der Waals surface area contributed by atoms with Gasteiger partial charge in [0.1, 0.15) is 0 Å². The van der Waals surface area contributed by atoms with Crippen molar-refractivity contribution in [2.24, 2.45) is 5.92 Å². The Kier molecular flexibility index (Phi) is 5.61. The summed E-state index contributed by atoms with van der Waals surface area (Å²) in [5, 5.41) is 19.9. The van der Waals surface area contributed by atoms with E-state index in [1.54, 1.807) is 6.92 Å². The predicted molar refractivity (Wildman–Crippen MR) is 104 cm³/mol. The zero-order valence-electron chi connectivity index (χ0n) is 16.5. The lowest BCUT2D eigenvalue weighted by atomic mass is 9.84. The average Bonchev–Trinajstić information content (AvgIpc) is 2.95. The number of aromatic nitrogens is 1. The second-order valence-electron chi connectivity index (χ2n) is 7.29. The van der Waals surface area contributed by atoms with Crippen molar-refractivity contribution in [3.05, 3.63) is 64.6 Å². The molecule has 0 amide bonds. The molecule has 3 rings (SSSR count). The van der Waals surface area contributed by atoms with E-state index in [9.17, 15) is 33.0 Å². The topological polar surface area (TPSA) is 79.5 Å². The minimum Gasteiger partial charge on any atom is -0.505 e. The van der Waals surface area contributed by atoms with Crippen molar-refractivity contribution in [1.82, 2.24) is 4.57 Å². The summed E-state index contributed by atoms with van der Waals surface area (Å²) >= 11 is 0. The van der Waals surface area contributed by atoms with E-state index in [4.69, 9.17) is 0 Å². The molecule has 0 aliphatic heterocycles. The van der Waals surface area contributed by atoms with Gasteiger partial charge in [0.2, 0.25) is 0 Å². The number of rotatable bonds is 5. The van der Waals surface area contributed by atoms with Crippen LogP contribution in [0.5, 0.6) is 5.75 Å². The van der Waals surface area contributed by atoms with Crippen molar-refractivity contribution < 1.29 is 33.0 Å². The number of hydrogen-bond donors (Lipinski definition) is 2. The maximum Gasteiger partial charge on any atom is 0.311 e. The van der Waals surface area contributed by atoms with Crippen LogP contribution in [0.1, 0.15) is 47.8 Å². The van der Waals surface area contributed by atoms with E-state index in [-0.39, 0.29) is 33.6 Å². The van der Waals surface area contributed by atoms with Crippen LogP contribution >= 0.6 is 0 Å². The second kappa shape index (κ2) is 7.85. The third-order valence-electron chi connectivity index (χ3n) is 5.48. The van der Waals surface area contributed by atoms with Crippen molar-refractivity contribution in [3.8, 4) is 5.75 Å². The highest BCUT2D eigenvalue weighted by molar-refractivity contribution is 6.05. The summed E-state index contributed by atoms with van der Waals surface area (Å²) in [7, 11) is 0. The van der Waals surface area contributed by atoms with Gasteiger partial charge < -0.3 is 10.2 Å². The summed E-state index contributed by atoms with van der Waals surface area (Å²) < 4.78 is 42.2. The normalized spacial score (nSPS) is 13.4. The molecule has 0 aliphatic rings. The molecule has 30 heavy (non-hydrogen) atoms. The number of nitrogens with zero attached hydrogens (tertiary/aromatic N) is 1. The first kappa shape index (κ1) is 21.4. The second-order valence-corrected chi connectivity index (χ2v) is 7.29. The van der Waals surface area contributed by atoms with Crippen molar-refractivity contribution >= 4 is 22.8 Å². The molecule has 2 N–H and O–H groups in total. The number of phenolic OH excluding ortho intramolecular Hbond substituents is 1. The fourth-order valence-electron chi connectivity index (χ4n) is 3.75. The van der Waals surface area contributed by atoms with E-state index < -0.39 is 41.0 Å². The lowest BCUT2D eigenvalue weighted by molar-refractivity contribution is -0.140. The van der Waals surface area contributed by atoms with Gasteiger partial charge in [0.05, 0.1) is 11.4 Å². The molecule has 2 atom stereocenters. The van der Waals surface area contributed by atoms with Crippen molar-refractivity contribution in [2.45, 2.75) is 33.1 Å². The number of aliphatic carboxylic acids is 1. The maximum absolute atomic E-state index is 14.1. The molecule has 0 aliphatic carbocycles. The van der Waals surface area contributed by atoms with Crippen LogP contribution in [-0.4, -0.2) is 26.7 Å². The highest BCUT2D eigenvalue weighted by Gasteiger charge is 2.33. The summed E-state index contributed by atoms with van der Waals surface area (Å²) in [5.74, 6) is -7.29. The van der Waals surface area contributed by atoms with Gasteiger partial charge in [-0.1, -0.05) is 20.3 Å².